The van der Waals surface area contributed by atoms with E-state index < -0.39 is 0 Å². The highest BCUT2D eigenvalue weighted by molar-refractivity contribution is 5.95. The fourth-order valence-electron chi connectivity index (χ4n) is 1.71. The number of ketones is 1. The van der Waals surface area contributed by atoms with Gasteiger partial charge >= 0.3 is 0 Å². The molecule has 0 saturated carbocycles. The van der Waals surface area contributed by atoms with Gasteiger partial charge in [-0.2, -0.15) is 0 Å². The zero-order valence-corrected chi connectivity index (χ0v) is 10.7. The number of carbonyl (C=O) groups is 1. The number of aryl methyl sites for hydroxylation is 2. The SMILES string of the molecule is CCc1ccc(CC(=O)c2cc(C)ccn2)nc1. The van der Waals surface area contributed by atoms with Crippen molar-refractivity contribution in [2.45, 2.75) is 26.7 Å². The minimum absolute atomic E-state index is 0.00967. The Morgan fingerprint density at radius 3 is 2.67 bits per heavy atom. The number of hydrogen-bond acceptors (Lipinski definition) is 3. The van der Waals surface area contributed by atoms with Crippen LogP contribution in [-0.2, 0) is 12.8 Å². The summed E-state index contributed by atoms with van der Waals surface area (Å²) in [7, 11) is 0. The molecule has 0 bridgehead atoms. The van der Waals surface area contributed by atoms with E-state index in [4.69, 9.17) is 0 Å². The lowest BCUT2D eigenvalue weighted by atomic mass is 10.1. The van der Waals surface area contributed by atoms with Crippen LogP contribution >= 0.6 is 0 Å². The molecule has 0 aliphatic carbocycles. The fourth-order valence-corrected chi connectivity index (χ4v) is 1.71. The summed E-state index contributed by atoms with van der Waals surface area (Å²) in [4.78, 5) is 20.4. The van der Waals surface area contributed by atoms with E-state index in [2.05, 4.69) is 16.9 Å². The van der Waals surface area contributed by atoms with Crippen LogP contribution in [0.1, 0.15) is 34.2 Å². The third-order valence-electron chi connectivity index (χ3n) is 2.84. The second kappa shape index (κ2) is 5.54. The highest BCUT2D eigenvalue weighted by Crippen LogP contribution is 2.07. The van der Waals surface area contributed by atoms with Crippen LogP contribution in [0.5, 0.6) is 0 Å². The van der Waals surface area contributed by atoms with E-state index in [1.807, 2.05) is 37.4 Å². The quantitative estimate of drug-likeness (QED) is 0.772. The molecule has 0 saturated heterocycles. The zero-order valence-electron chi connectivity index (χ0n) is 10.7. The lowest BCUT2D eigenvalue weighted by Crippen LogP contribution is -2.07. The number of carbonyl (C=O) groups excluding carboxylic acids is 1. The molecule has 2 heterocycles. The minimum atomic E-state index is 0.00967. The first-order valence-electron chi connectivity index (χ1n) is 6.08. The molecule has 2 rings (SSSR count). The predicted molar refractivity (Wildman–Crippen MR) is 70.6 cm³/mol. The number of nitrogens with zero attached hydrogens (tertiary/aromatic N) is 2. The van der Waals surface area contributed by atoms with E-state index in [1.54, 1.807) is 6.20 Å². The van der Waals surface area contributed by atoms with Gasteiger partial charge in [0.1, 0.15) is 5.69 Å². The van der Waals surface area contributed by atoms with Crippen molar-refractivity contribution in [2.75, 3.05) is 0 Å². The first-order valence-corrected chi connectivity index (χ1v) is 6.08. The second-order valence-electron chi connectivity index (χ2n) is 4.33. The third kappa shape index (κ3) is 3.00. The van der Waals surface area contributed by atoms with Crippen molar-refractivity contribution < 1.29 is 4.79 Å². The number of pyridine rings is 2. The summed E-state index contributed by atoms with van der Waals surface area (Å²) < 4.78 is 0. The van der Waals surface area contributed by atoms with Crippen molar-refractivity contribution in [3.8, 4) is 0 Å². The third-order valence-corrected chi connectivity index (χ3v) is 2.84. The molecule has 3 heteroatoms. The molecule has 2 aromatic rings. The van der Waals surface area contributed by atoms with Gasteiger partial charge in [-0.15, -0.1) is 0 Å². The molecule has 0 spiro atoms. The summed E-state index contributed by atoms with van der Waals surface area (Å²) in [6.45, 7) is 4.03. The molecule has 0 atom stereocenters. The molecule has 0 fully saturated rings. The lowest BCUT2D eigenvalue weighted by molar-refractivity contribution is 0.0987. The highest BCUT2D eigenvalue weighted by atomic mass is 16.1. The fraction of sp³-hybridized carbons (Fsp3) is 0.267. The topological polar surface area (TPSA) is 42.9 Å². The van der Waals surface area contributed by atoms with Crippen LogP contribution in [0, 0.1) is 6.92 Å². The Kier molecular flexibility index (Phi) is 3.82. The molecular formula is C15H16N2O. The van der Waals surface area contributed by atoms with E-state index in [-0.39, 0.29) is 5.78 Å². The molecule has 92 valence electrons. The first kappa shape index (κ1) is 12.4. The van der Waals surface area contributed by atoms with Gasteiger partial charge in [0.25, 0.3) is 0 Å². The summed E-state index contributed by atoms with van der Waals surface area (Å²) in [5.74, 6) is 0.00967. The van der Waals surface area contributed by atoms with Crippen molar-refractivity contribution >= 4 is 5.78 Å². The minimum Gasteiger partial charge on any atom is -0.292 e. The van der Waals surface area contributed by atoms with Crippen molar-refractivity contribution in [3.05, 3.63) is 59.2 Å². The van der Waals surface area contributed by atoms with Crippen molar-refractivity contribution in [1.82, 2.24) is 9.97 Å². The Balaban J connectivity index is 2.11. The zero-order chi connectivity index (χ0) is 13.0. The summed E-state index contributed by atoms with van der Waals surface area (Å²) in [6, 6.07) is 7.61. The molecule has 0 aliphatic heterocycles. The number of rotatable bonds is 4. The van der Waals surface area contributed by atoms with Gasteiger partial charge < -0.3 is 0 Å². The average molecular weight is 240 g/mol. The van der Waals surface area contributed by atoms with Gasteiger partial charge in [-0.1, -0.05) is 13.0 Å². The van der Waals surface area contributed by atoms with E-state index in [1.165, 1.54) is 5.56 Å². The van der Waals surface area contributed by atoms with Crippen LogP contribution in [0.3, 0.4) is 0 Å². The van der Waals surface area contributed by atoms with Gasteiger partial charge in [0.2, 0.25) is 0 Å². The summed E-state index contributed by atoms with van der Waals surface area (Å²) >= 11 is 0. The molecule has 0 amide bonds. The molecule has 3 nitrogen and oxygen atoms in total. The largest absolute Gasteiger partial charge is 0.292 e. The molecule has 2 aromatic heterocycles. The maximum atomic E-state index is 12.0. The van der Waals surface area contributed by atoms with E-state index in [9.17, 15) is 4.79 Å². The highest BCUT2D eigenvalue weighted by Gasteiger charge is 2.09. The molecule has 0 aromatic carbocycles. The summed E-state index contributed by atoms with van der Waals surface area (Å²) in [5, 5.41) is 0. The van der Waals surface area contributed by atoms with Gasteiger partial charge in [0, 0.05) is 18.1 Å². The van der Waals surface area contributed by atoms with Gasteiger partial charge in [-0.05, 0) is 42.7 Å². The number of hydrogen-bond donors (Lipinski definition) is 0. The molecular weight excluding hydrogens is 224 g/mol. The smallest absolute Gasteiger partial charge is 0.187 e. The maximum absolute atomic E-state index is 12.0. The van der Waals surface area contributed by atoms with Crippen LogP contribution in [0.2, 0.25) is 0 Å². The molecule has 0 radical (unpaired) electrons. The Morgan fingerprint density at radius 1 is 1.22 bits per heavy atom. The van der Waals surface area contributed by atoms with Crippen LogP contribution in [0.15, 0.2) is 36.7 Å². The van der Waals surface area contributed by atoms with Gasteiger partial charge in [-0.25, -0.2) is 0 Å². The Bertz CT molecular complexity index is 547. The Labute approximate surface area is 107 Å². The van der Waals surface area contributed by atoms with Gasteiger partial charge in [-0.3, -0.25) is 14.8 Å². The summed E-state index contributed by atoms with van der Waals surface area (Å²) in [5.41, 5.74) is 3.53. The Morgan fingerprint density at radius 2 is 2.06 bits per heavy atom. The second-order valence-corrected chi connectivity index (χ2v) is 4.33. The van der Waals surface area contributed by atoms with E-state index in [0.29, 0.717) is 12.1 Å². The van der Waals surface area contributed by atoms with Crippen LogP contribution in [0.4, 0.5) is 0 Å². The standard InChI is InChI=1S/C15H16N2O/c1-3-12-4-5-13(17-10-12)9-15(18)14-8-11(2)6-7-16-14/h4-8,10H,3,9H2,1-2H3. The van der Waals surface area contributed by atoms with Gasteiger partial charge in [0.05, 0.1) is 6.42 Å². The van der Waals surface area contributed by atoms with Crippen LogP contribution in [0.25, 0.3) is 0 Å². The van der Waals surface area contributed by atoms with Crippen molar-refractivity contribution in [2.24, 2.45) is 0 Å². The van der Waals surface area contributed by atoms with E-state index in [0.717, 1.165) is 17.7 Å². The normalized spacial score (nSPS) is 10.3. The lowest BCUT2D eigenvalue weighted by Gasteiger charge is -2.02. The maximum Gasteiger partial charge on any atom is 0.187 e. The van der Waals surface area contributed by atoms with Crippen LogP contribution < -0.4 is 0 Å². The van der Waals surface area contributed by atoms with Gasteiger partial charge in [0.15, 0.2) is 5.78 Å². The van der Waals surface area contributed by atoms with Crippen molar-refractivity contribution in [3.63, 3.8) is 0 Å². The van der Waals surface area contributed by atoms with Crippen LogP contribution in [-0.4, -0.2) is 15.8 Å². The molecule has 0 unspecified atom stereocenters. The van der Waals surface area contributed by atoms with Crippen molar-refractivity contribution in [1.29, 1.82) is 0 Å². The number of aromatic nitrogens is 2. The van der Waals surface area contributed by atoms with E-state index >= 15 is 0 Å². The number of Topliss-reactive ketones (excluding diaryl/α,β-unsaturated/α-hetero) is 1. The molecule has 0 N–H and O–H groups in total. The predicted octanol–water partition coefficient (Wildman–Crippen LogP) is 2.77. The monoisotopic (exact) mass is 240 g/mol. The first-order chi connectivity index (χ1) is 8.69. The Hall–Kier alpha value is -2.03. The molecule has 18 heavy (non-hydrogen) atoms. The summed E-state index contributed by atoms with van der Waals surface area (Å²) in [6.07, 6.45) is 4.75. The molecule has 0 aliphatic rings. The average Bonchev–Trinajstić information content (AvgIpc) is 2.39.